The first-order valence-corrected chi connectivity index (χ1v) is 7.36. The third-order valence-electron chi connectivity index (χ3n) is 4.33. The molecule has 0 saturated heterocycles. The van der Waals surface area contributed by atoms with Crippen molar-refractivity contribution in [1.29, 1.82) is 0 Å². The molecule has 0 aliphatic heterocycles. The second-order valence-electron chi connectivity index (χ2n) is 5.79. The molecule has 1 aliphatic rings. The Morgan fingerprint density at radius 2 is 1.90 bits per heavy atom. The van der Waals surface area contributed by atoms with E-state index in [-0.39, 0.29) is 0 Å². The van der Waals surface area contributed by atoms with E-state index >= 15 is 0 Å². The number of nitrogens with zero attached hydrogens (tertiary/aromatic N) is 2. The molecule has 0 radical (unpaired) electrons. The van der Waals surface area contributed by atoms with E-state index in [1.165, 1.54) is 6.42 Å². The highest BCUT2D eigenvalue weighted by molar-refractivity contribution is 5.91. The number of benzene rings is 1. The van der Waals surface area contributed by atoms with E-state index in [4.69, 9.17) is 14.7 Å². The molecule has 108 valence electrons. The van der Waals surface area contributed by atoms with Gasteiger partial charge in [0.05, 0.1) is 11.1 Å². The lowest BCUT2D eigenvalue weighted by molar-refractivity contribution is 0.275. The summed E-state index contributed by atoms with van der Waals surface area (Å²) >= 11 is 0. The van der Waals surface area contributed by atoms with Crippen molar-refractivity contribution in [2.24, 2.45) is 5.73 Å². The summed E-state index contributed by atoms with van der Waals surface area (Å²) in [4.78, 5) is 4.54. The maximum atomic E-state index is 6.45. The van der Waals surface area contributed by atoms with Crippen LogP contribution < -0.4 is 5.73 Å². The SMILES string of the molecule is NC1(c2noc(-c3coc4ccccc34)n2)CCCCC1. The van der Waals surface area contributed by atoms with E-state index in [0.29, 0.717) is 11.7 Å². The highest BCUT2D eigenvalue weighted by atomic mass is 16.5. The van der Waals surface area contributed by atoms with E-state index in [2.05, 4.69) is 10.1 Å². The van der Waals surface area contributed by atoms with Crippen LogP contribution in [0.5, 0.6) is 0 Å². The van der Waals surface area contributed by atoms with Gasteiger partial charge in [-0.05, 0) is 18.9 Å². The minimum Gasteiger partial charge on any atom is -0.463 e. The highest BCUT2D eigenvalue weighted by Crippen LogP contribution is 2.35. The molecule has 1 aliphatic carbocycles. The smallest absolute Gasteiger partial charge is 0.261 e. The summed E-state index contributed by atoms with van der Waals surface area (Å²) < 4.78 is 11.0. The fourth-order valence-electron chi connectivity index (χ4n) is 3.08. The molecule has 1 saturated carbocycles. The third-order valence-corrected chi connectivity index (χ3v) is 4.33. The molecular formula is C16H17N3O2. The quantitative estimate of drug-likeness (QED) is 0.777. The molecule has 5 nitrogen and oxygen atoms in total. The summed E-state index contributed by atoms with van der Waals surface area (Å²) in [6.45, 7) is 0. The van der Waals surface area contributed by atoms with Crippen molar-refractivity contribution in [2.45, 2.75) is 37.6 Å². The van der Waals surface area contributed by atoms with Crippen LogP contribution in [0.1, 0.15) is 37.9 Å². The van der Waals surface area contributed by atoms with E-state index < -0.39 is 5.54 Å². The average molecular weight is 283 g/mol. The Balaban J connectivity index is 1.74. The Bertz CT molecular complexity index is 769. The monoisotopic (exact) mass is 283 g/mol. The number of aromatic nitrogens is 2. The molecule has 3 aromatic rings. The zero-order valence-corrected chi connectivity index (χ0v) is 11.7. The first kappa shape index (κ1) is 12.6. The van der Waals surface area contributed by atoms with Gasteiger partial charge in [-0.15, -0.1) is 0 Å². The number of hydrogen-bond acceptors (Lipinski definition) is 5. The molecule has 5 heteroatoms. The van der Waals surface area contributed by atoms with Crippen LogP contribution in [-0.4, -0.2) is 10.1 Å². The van der Waals surface area contributed by atoms with Crippen molar-refractivity contribution in [3.63, 3.8) is 0 Å². The zero-order valence-electron chi connectivity index (χ0n) is 11.7. The summed E-state index contributed by atoms with van der Waals surface area (Å²) in [5.41, 5.74) is 7.64. The van der Waals surface area contributed by atoms with Crippen molar-refractivity contribution in [3.05, 3.63) is 36.4 Å². The second-order valence-corrected chi connectivity index (χ2v) is 5.79. The van der Waals surface area contributed by atoms with Gasteiger partial charge in [-0.2, -0.15) is 4.98 Å². The van der Waals surface area contributed by atoms with Crippen LogP contribution in [0.2, 0.25) is 0 Å². The first-order chi connectivity index (χ1) is 10.3. The van der Waals surface area contributed by atoms with Crippen LogP contribution >= 0.6 is 0 Å². The van der Waals surface area contributed by atoms with Crippen LogP contribution in [-0.2, 0) is 5.54 Å². The third kappa shape index (κ3) is 2.05. The number of rotatable bonds is 2. The van der Waals surface area contributed by atoms with Crippen LogP contribution in [0.25, 0.3) is 22.4 Å². The lowest BCUT2D eigenvalue weighted by atomic mass is 9.82. The molecule has 0 amide bonds. The fraction of sp³-hybridized carbons (Fsp3) is 0.375. The molecule has 0 spiro atoms. The zero-order chi connectivity index (χ0) is 14.3. The minimum atomic E-state index is -0.445. The van der Waals surface area contributed by atoms with E-state index in [9.17, 15) is 0 Å². The standard InChI is InChI=1S/C16H17N3O2/c17-16(8-4-1-5-9-16)15-18-14(21-19-15)12-10-20-13-7-3-2-6-11(12)13/h2-3,6-7,10H,1,4-5,8-9,17H2. The lowest BCUT2D eigenvalue weighted by Crippen LogP contribution is -2.39. The van der Waals surface area contributed by atoms with Gasteiger partial charge in [0.1, 0.15) is 11.8 Å². The number of furan rings is 1. The Kier molecular flexibility index (Phi) is 2.82. The van der Waals surface area contributed by atoms with Crippen molar-refractivity contribution in [1.82, 2.24) is 10.1 Å². The molecule has 1 fully saturated rings. The largest absolute Gasteiger partial charge is 0.463 e. The molecule has 0 bridgehead atoms. The van der Waals surface area contributed by atoms with E-state index in [0.717, 1.165) is 42.2 Å². The number of nitrogens with two attached hydrogens (primary N) is 1. The summed E-state index contributed by atoms with van der Waals surface area (Å²) in [6.07, 6.45) is 6.96. The second kappa shape index (κ2) is 4.70. The number of para-hydroxylation sites is 1. The molecule has 1 aromatic carbocycles. The van der Waals surface area contributed by atoms with Crippen molar-refractivity contribution >= 4 is 11.0 Å². The van der Waals surface area contributed by atoms with Gasteiger partial charge < -0.3 is 14.7 Å². The van der Waals surface area contributed by atoms with Gasteiger partial charge in [-0.3, -0.25) is 0 Å². The van der Waals surface area contributed by atoms with Crippen LogP contribution in [0.15, 0.2) is 39.5 Å². The van der Waals surface area contributed by atoms with Gasteiger partial charge in [-0.25, -0.2) is 0 Å². The Hall–Kier alpha value is -2.14. The maximum absolute atomic E-state index is 6.45. The molecule has 21 heavy (non-hydrogen) atoms. The average Bonchev–Trinajstić information content (AvgIpc) is 3.15. The number of fused-ring (bicyclic) bond motifs is 1. The minimum absolute atomic E-state index is 0.445. The lowest BCUT2D eigenvalue weighted by Gasteiger charge is -2.29. The summed E-state index contributed by atoms with van der Waals surface area (Å²) in [7, 11) is 0. The molecule has 0 atom stereocenters. The van der Waals surface area contributed by atoms with Crippen molar-refractivity contribution < 1.29 is 8.94 Å². The molecule has 2 N–H and O–H groups in total. The van der Waals surface area contributed by atoms with Crippen LogP contribution in [0.4, 0.5) is 0 Å². The van der Waals surface area contributed by atoms with Gasteiger partial charge >= 0.3 is 0 Å². The van der Waals surface area contributed by atoms with Gasteiger partial charge in [-0.1, -0.05) is 42.6 Å². The summed E-state index contributed by atoms with van der Waals surface area (Å²) in [5.74, 6) is 1.09. The molecule has 4 rings (SSSR count). The molecular weight excluding hydrogens is 266 g/mol. The predicted molar refractivity (Wildman–Crippen MR) is 78.5 cm³/mol. The Morgan fingerprint density at radius 1 is 1.10 bits per heavy atom. The molecule has 2 aromatic heterocycles. The van der Waals surface area contributed by atoms with Gasteiger partial charge in [0, 0.05) is 5.39 Å². The van der Waals surface area contributed by atoms with E-state index in [1.54, 1.807) is 6.26 Å². The number of hydrogen-bond donors (Lipinski definition) is 1. The maximum Gasteiger partial charge on any atom is 0.261 e. The van der Waals surface area contributed by atoms with Crippen molar-refractivity contribution in [2.75, 3.05) is 0 Å². The fourth-order valence-corrected chi connectivity index (χ4v) is 3.08. The van der Waals surface area contributed by atoms with E-state index in [1.807, 2.05) is 24.3 Å². The Morgan fingerprint density at radius 3 is 2.76 bits per heavy atom. The topological polar surface area (TPSA) is 78.1 Å². The van der Waals surface area contributed by atoms with Crippen LogP contribution in [0.3, 0.4) is 0 Å². The van der Waals surface area contributed by atoms with Crippen LogP contribution in [0, 0.1) is 0 Å². The predicted octanol–water partition coefficient (Wildman–Crippen LogP) is 3.60. The van der Waals surface area contributed by atoms with Crippen molar-refractivity contribution in [3.8, 4) is 11.5 Å². The highest BCUT2D eigenvalue weighted by Gasteiger charge is 2.34. The molecule has 2 heterocycles. The summed E-state index contributed by atoms with van der Waals surface area (Å²) in [6, 6.07) is 7.80. The summed E-state index contributed by atoms with van der Waals surface area (Å²) in [5, 5.41) is 5.10. The van der Waals surface area contributed by atoms with Gasteiger partial charge in [0.2, 0.25) is 0 Å². The van der Waals surface area contributed by atoms with Gasteiger partial charge in [0.15, 0.2) is 5.82 Å². The Labute approximate surface area is 122 Å². The molecule has 0 unspecified atom stereocenters. The normalized spacial score (nSPS) is 18.1. The first-order valence-electron chi connectivity index (χ1n) is 7.36. The van der Waals surface area contributed by atoms with Gasteiger partial charge in [0.25, 0.3) is 5.89 Å².